The van der Waals surface area contributed by atoms with E-state index in [0.717, 1.165) is 38.3 Å². The van der Waals surface area contributed by atoms with Crippen molar-refractivity contribution < 1.29 is 18.0 Å². The molecule has 1 heterocycles. The zero-order valence-corrected chi connectivity index (χ0v) is 15.3. The van der Waals surface area contributed by atoms with Gasteiger partial charge in [0.25, 0.3) is 0 Å². The van der Waals surface area contributed by atoms with Crippen LogP contribution < -0.4 is 21.7 Å². The van der Waals surface area contributed by atoms with Crippen LogP contribution in [0.5, 0.6) is 0 Å². The maximum atomic E-state index is 12.7. The van der Waals surface area contributed by atoms with E-state index in [1.54, 1.807) is 4.90 Å². The predicted molar refractivity (Wildman–Crippen MR) is 98.3 cm³/mol. The molecule has 152 valence electrons. The predicted octanol–water partition coefficient (Wildman–Crippen LogP) is 0.186. The zero-order chi connectivity index (χ0) is 19.7. The number of hydrogen-bond acceptors (Lipinski definition) is 5. The van der Waals surface area contributed by atoms with Crippen LogP contribution >= 0.6 is 0 Å². The van der Waals surface area contributed by atoms with Gasteiger partial charge in [0.1, 0.15) is 0 Å². The molecule has 1 aliphatic heterocycles. The van der Waals surface area contributed by atoms with Gasteiger partial charge in [-0.3, -0.25) is 4.79 Å². The lowest BCUT2D eigenvalue weighted by Crippen LogP contribution is -2.50. The van der Waals surface area contributed by atoms with Gasteiger partial charge in [0.05, 0.1) is 11.6 Å². The fraction of sp³-hybridized carbons (Fsp3) is 0.611. The highest BCUT2D eigenvalue weighted by molar-refractivity contribution is 5.82. The van der Waals surface area contributed by atoms with E-state index in [4.69, 9.17) is 5.73 Å². The number of nitrogens with zero attached hydrogens (tertiary/aromatic N) is 1. The van der Waals surface area contributed by atoms with E-state index >= 15 is 0 Å². The summed E-state index contributed by atoms with van der Waals surface area (Å²) in [5.41, 5.74) is 5.96. The smallest absolute Gasteiger partial charge is 0.339 e. The van der Waals surface area contributed by atoms with E-state index < -0.39 is 17.8 Å². The molecule has 1 saturated heterocycles. The number of carbonyl (C=O) groups is 1. The van der Waals surface area contributed by atoms with Gasteiger partial charge in [0.2, 0.25) is 5.91 Å². The minimum absolute atomic E-state index is 0.186. The molecule has 6 nitrogen and oxygen atoms in total. The van der Waals surface area contributed by atoms with Crippen LogP contribution in [0.4, 0.5) is 13.2 Å². The largest absolute Gasteiger partial charge is 0.416 e. The van der Waals surface area contributed by atoms with Crippen molar-refractivity contribution in [1.82, 2.24) is 20.9 Å². The first kappa shape index (κ1) is 21.6. The summed E-state index contributed by atoms with van der Waals surface area (Å²) in [6.07, 6.45) is -4.16. The van der Waals surface area contributed by atoms with Crippen LogP contribution in [0.25, 0.3) is 0 Å². The summed E-state index contributed by atoms with van der Waals surface area (Å²) in [5.74, 6) is -0.186. The summed E-state index contributed by atoms with van der Waals surface area (Å²) in [6, 6.07) is 4.01. The first-order chi connectivity index (χ1) is 12.9. The fourth-order valence-corrected chi connectivity index (χ4v) is 2.89. The summed E-state index contributed by atoms with van der Waals surface area (Å²) in [6.45, 7) is 5.79. The summed E-state index contributed by atoms with van der Waals surface area (Å²) in [5, 5.41) is 9.85. The molecule has 1 atom stereocenters. The Morgan fingerprint density at radius 2 is 1.44 bits per heavy atom. The van der Waals surface area contributed by atoms with E-state index in [0.29, 0.717) is 31.7 Å². The number of rotatable bonds is 3. The van der Waals surface area contributed by atoms with Crippen molar-refractivity contribution in [3.05, 3.63) is 35.4 Å². The van der Waals surface area contributed by atoms with Crippen LogP contribution in [0.2, 0.25) is 0 Å². The van der Waals surface area contributed by atoms with Gasteiger partial charge in [0.15, 0.2) is 0 Å². The summed E-state index contributed by atoms with van der Waals surface area (Å²) >= 11 is 0. The van der Waals surface area contributed by atoms with Crippen molar-refractivity contribution in [2.75, 3.05) is 52.4 Å². The van der Waals surface area contributed by atoms with Crippen LogP contribution in [0, 0.1) is 0 Å². The van der Waals surface area contributed by atoms with Crippen LogP contribution in [0.15, 0.2) is 24.3 Å². The van der Waals surface area contributed by atoms with Crippen LogP contribution in [-0.4, -0.2) is 69.2 Å². The highest BCUT2D eigenvalue weighted by atomic mass is 19.4. The van der Waals surface area contributed by atoms with Crippen molar-refractivity contribution in [2.45, 2.75) is 18.6 Å². The molecule has 0 radical (unpaired) electrons. The monoisotopic (exact) mass is 387 g/mol. The van der Waals surface area contributed by atoms with Gasteiger partial charge < -0.3 is 26.6 Å². The Balaban J connectivity index is 1.92. The van der Waals surface area contributed by atoms with Gasteiger partial charge in [-0.25, -0.2) is 0 Å². The lowest BCUT2D eigenvalue weighted by Gasteiger charge is -2.27. The molecule has 1 aromatic carbocycles. The highest BCUT2D eigenvalue weighted by Crippen LogP contribution is 2.29. The number of hydrogen-bond donors (Lipinski definition) is 4. The third kappa shape index (κ3) is 7.45. The zero-order valence-electron chi connectivity index (χ0n) is 15.3. The Morgan fingerprint density at radius 3 is 1.93 bits per heavy atom. The van der Waals surface area contributed by atoms with Gasteiger partial charge in [-0.2, -0.15) is 13.2 Å². The first-order valence-corrected chi connectivity index (χ1v) is 9.20. The second-order valence-corrected chi connectivity index (χ2v) is 6.58. The molecule has 0 spiro atoms. The van der Waals surface area contributed by atoms with E-state index in [1.165, 1.54) is 12.1 Å². The quantitative estimate of drug-likeness (QED) is 0.595. The second-order valence-electron chi connectivity index (χ2n) is 6.58. The average Bonchev–Trinajstić information content (AvgIpc) is 2.61. The molecule has 1 fully saturated rings. The molecule has 0 unspecified atom stereocenters. The molecular weight excluding hydrogens is 359 g/mol. The third-order valence-electron chi connectivity index (χ3n) is 4.44. The average molecular weight is 387 g/mol. The van der Waals surface area contributed by atoms with Gasteiger partial charge in [-0.15, -0.1) is 0 Å². The molecule has 1 amide bonds. The molecular formula is C18H28F3N5O. The number of alkyl halides is 3. The summed E-state index contributed by atoms with van der Waals surface area (Å²) in [4.78, 5) is 14.4. The number of halogens is 3. The van der Waals surface area contributed by atoms with Crippen molar-refractivity contribution >= 4 is 5.91 Å². The van der Waals surface area contributed by atoms with E-state index in [2.05, 4.69) is 16.0 Å². The number of benzene rings is 1. The van der Waals surface area contributed by atoms with Gasteiger partial charge in [-0.1, -0.05) is 12.1 Å². The van der Waals surface area contributed by atoms with Crippen LogP contribution in [0.3, 0.4) is 0 Å². The highest BCUT2D eigenvalue weighted by Gasteiger charge is 2.30. The SMILES string of the molecule is N[C@@H](Cc1ccc(C(F)(F)F)cc1)C(=O)N1CCNCCNCCNCC1. The maximum Gasteiger partial charge on any atom is 0.416 e. The number of amides is 1. The molecule has 1 aromatic rings. The minimum Gasteiger partial charge on any atom is -0.339 e. The Labute approximate surface area is 157 Å². The molecule has 0 aromatic heterocycles. The molecule has 0 saturated carbocycles. The maximum absolute atomic E-state index is 12.7. The Morgan fingerprint density at radius 1 is 0.963 bits per heavy atom. The lowest BCUT2D eigenvalue weighted by atomic mass is 10.0. The summed E-state index contributed by atoms with van der Waals surface area (Å²) < 4.78 is 37.9. The number of nitrogens with one attached hydrogen (secondary N) is 3. The molecule has 27 heavy (non-hydrogen) atoms. The number of carbonyl (C=O) groups excluding carboxylic acids is 1. The van der Waals surface area contributed by atoms with Gasteiger partial charge in [-0.05, 0) is 24.1 Å². The summed E-state index contributed by atoms with van der Waals surface area (Å²) in [7, 11) is 0. The van der Waals surface area contributed by atoms with Crippen molar-refractivity contribution in [2.24, 2.45) is 5.73 Å². The van der Waals surface area contributed by atoms with Crippen molar-refractivity contribution in [1.29, 1.82) is 0 Å². The van der Waals surface area contributed by atoms with Crippen LogP contribution in [-0.2, 0) is 17.4 Å². The molecule has 9 heteroatoms. The third-order valence-corrected chi connectivity index (χ3v) is 4.44. The standard InChI is InChI=1S/C18H28F3N5O/c19-18(20,21)15-3-1-14(2-4-15)13-16(22)17(27)26-11-9-24-7-5-23-6-8-25-10-12-26/h1-4,16,23-25H,5-13,22H2/t16-/m0/s1. The number of nitrogens with two attached hydrogens (primary N) is 1. The van der Waals surface area contributed by atoms with E-state index in [1.807, 2.05) is 0 Å². The Kier molecular flexibility index (Phi) is 8.49. The molecule has 5 N–H and O–H groups in total. The molecule has 2 rings (SSSR count). The van der Waals surface area contributed by atoms with Crippen molar-refractivity contribution in [3.8, 4) is 0 Å². The fourth-order valence-electron chi connectivity index (χ4n) is 2.89. The normalized spacial score (nSPS) is 19.0. The van der Waals surface area contributed by atoms with E-state index in [9.17, 15) is 18.0 Å². The molecule has 0 bridgehead atoms. The first-order valence-electron chi connectivity index (χ1n) is 9.20. The van der Waals surface area contributed by atoms with E-state index in [-0.39, 0.29) is 12.3 Å². The van der Waals surface area contributed by atoms with Gasteiger partial charge in [0, 0.05) is 52.4 Å². The van der Waals surface area contributed by atoms with Crippen molar-refractivity contribution in [3.63, 3.8) is 0 Å². The minimum atomic E-state index is -4.37. The molecule has 0 aliphatic carbocycles. The second kappa shape index (κ2) is 10.6. The van der Waals surface area contributed by atoms with Crippen LogP contribution in [0.1, 0.15) is 11.1 Å². The lowest BCUT2D eigenvalue weighted by molar-refractivity contribution is -0.137. The molecule has 1 aliphatic rings. The van der Waals surface area contributed by atoms with Gasteiger partial charge >= 0.3 is 6.18 Å². The Bertz CT molecular complexity index is 567. The Hall–Kier alpha value is -1.68. The topological polar surface area (TPSA) is 82.4 Å².